The van der Waals surface area contributed by atoms with Crippen LogP contribution in [0.1, 0.15) is 39.5 Å². The molecule has 2 unspecified atom stereocenters. The van der Waals surface area contributed by atoms with Crippen LogP contribution in [0, 0.1) is 11.8 Å². The molecule has 1 saturated carbocycles. The number of methoxy groups -OCH3 is 1. The highest BCUT2D eigenvalue weighted by Crippen LogP contribution is 2.28. The Bertz CT molecular complexity index is 254. The van der Waals surface area contributed by atoms with Crippen LogP contribution < -0.4 is 11.1 Å². The number of hydrogen-bond donors (Lipinski definition) is 2. The number of carbonyl (C=O) groups excluding carboxylic acids is 1. The van der Waals surface area contributed by atoms with E-state index in [2.05, 4.69) is 5.32 Å². The lowest BCUT2D eigenvalue weighted by Gasteiger charge is -2.32. The Balaban J connectivity index is 2.41. The topological polar surface area (TPSA) is 64.3 Å². The van der Waals surface area contributed by atoms with E-state index in [1.807, 2.05) is 0 Å². The fraction of sp³-hybridized carbons (Fsp3) is 0.923. The fourth-order valence-corrected chi connectivity index (χ4v) is 2.39. The van der Waals surface area contributed by atoms with Gasteiger partial charge in [-0.25, -0.2) is 0 Å². The molecule has 3 N–H and O–H groups in total. The van der Waals surface area contributed by atoms with E-state index in [1.165, 1.54) is 25.7 Å². The summed E-state index contributed by atoms with van der Waals surface area (Å²) < 4.78 is 5.16. The van der Waals surface area contributed by atoms with Gasteiger partial charge in [0, 0.05) is 13.7 Å². The van der Waals surface area contributed by atoms with Crippen LogP contribution in [0.2, 0.25) is 0 Å². The second kappa shape index (κ2) is 6.36. The Kier molecular flexibility index (Phi) is 5.40. The zero-order chi connectivity index (χ0) is 12.9. The number of ether oxygens (including phenoxy) is 1. The number of amides is 1. The van der Waals surface area contributed by atoms with Crippen molar-refractivity contribution in [2.75, 3.05) is 20.2 Å². The Morgan fingerprint density at radius 2 is 1.94 bits per heavy atom. The summed E-state index contributed by atoms with van der Waals surface area (Å²) in [6, 6.07) is 0. The van der Waals surface area contributed by atoms with E-state index in [1.54, 1.807) is 21.0 Å². The quantitative estimate of drug-likeness (QED) is 0.763. The average molecular weight is 242 g/mol. The van der Waals surface area contributed by atoms with Crippen molar-refractivity contribution in [1.82, 2.24) is 5.32 Å². The van der Waals surface area contributed by atoms with Crippen molar-refractivity contribution in [3.8, 4) is 0 Å². The lowest BCUT2D eigenvalue weighted by molar-refractivity contribution is -0.139. The molecule has 1 aliphatic rings. The van der Waals surface area contributed by atoms with Gasteiger partial charge in [0.05, 0.1) is 0 Å². The molecule has 17 heavy (non-hydrogen) atoms. The lowest BCUT2D eigenvalue weighted by atomic mass is 9.79. The minimum Gasteiger partial charge on any atom is -0.369 e. The minimum absolute atomic E-state index is 0.0404. The van der Waals surface area contributed by atoms with Crippen LogP contribution in [-0.4, -0.2) is 31.7 Å². The van der Waals surface area contributed by atoms with Gasteiger partial charge in [-0.2, -0.15) is 0 Å². The molecule has 0 spiro atoms. The highest BCUT2D eigenvalue weighted by molar-refractivity contribution is 5.84. The summed E-state index contributed by atoms with van der Waals surface area (Å²) in [5, 5.41) is 2.99. The van der Waals surface area contributed by atoms with Crippen molar-refractivity contribution < 1.29 is 9.53 Å². The summed E-state index contributed by atoms with van der Waals surface area (Å²) in [6.07, 6.45) is 4.90. The third-order valence-electron chi connectivity index (χ3n) is 3.95. The van der Waals surface area contributed by atoms with E-state index in [9.17, 15) is 4.79 Å². The predicted molar refractivity (Wildman–Crippen MR) is 68.6 cm³/mol. The fourth-order valence-electron chi connectivity index (χ4n) is 2.39. The molecule has 0 bridgehead atoms. The molecular formula is C13H26N2O2. The average Bonchev–Trinajstić information content (AvgIpc) is 2.36. The van der Waals surface area contributed by atoms with Gasteiger partial charge in [0.2, 0.25) is 0 Å². The van der Waals surface area contributed by atoms with Crippen molar-refractivity contribution >= 4 is 5.91 Å². The smallest absolute Gasteiger partial charge is 0.251 e. The van der Waals surface area contributed by atoms with Gasteiger partial charge < -0.3 is 15.8 Å². The second-order valence-corrected chi connectivity index (χ2v) is 5.46. The largest absolute Gasteiger partial charge is 0.369 e. The predicted octanol–water partition coefficient (Wildman–Crippen LogP) is 1.29. The van der Waals surface area contributed by atoms with E-state index >= 15 is 0 Å². The molecule has 2 atom stereocenters. The molecule has 4 nitrogen and oxygen atoms in total. The van der Waals surface area contributed by atoms with E-state index in [0.717, 1.165) is 13.1 Å². The Labute approximate surface area is 104 Å². The molecule has 0 heterocycles. The highest BCUT2D eigenvalue weighted by Gasteiger charge is 2.29. The normalized spacial score (nSPS) is 25.6. The van der Waals surface area contributed by atoms with E-state index < -0.39 is 5.60 Å². The Morgan fingerprint density at radius 1 is 1.35 bits per heavy atom. The number of carbonyl (C=O) groups is 1. The Hall–Kier alpha value is -0.610. The number of nitrogens with one attached hydrogen (secondary N) is 1. The summed E-state index contributed by atoms with van der Waals surface area (Å²) in [4.78, 5) is 11.9. The van der Waals surface area contributed by atoms with Crippen molar-refractivity contribution in [3.63, 3.8) is 0 Å². The monoisotopic (exact) mass is 242 g/mol. The van der Waals surface area contributed by atoms with Crippen LogP contribution in [0.25, 0.3) is 0 Å². The molecular weight excluding hydrogens is 216 g/mol. The van der Waals surface area contributed by atoms with Crippen LogP contribution in [0.15, 0.2) is 0 Å². The zero-order valence-corrected chi connectivity index (χ0v) is 11.3. The molecule has 100 valence electrons. The summed E-state index contributed by atoms with van der Waals surface area (Å²) in [7, 11) is 1.56. The Morgan fingerprint density at radius 3 is 2.47 bits per heavy atom. The molecule has 0 aromatic heterocycles. The first-order valence-corrected chi connectivity index (χ1v) is 6.54. The molecule has 0 saturated heterocycles. The van der Waals surface area contributed by atoms with Gasteiger partial charge in [0.25, 0.3) is 5.91 Å². The minimum atomic E-state index is -0.743. The molecule has 0 radical (unpaired) electrons. The highest BCUT2D eigenvalue weighted by atomic mass is 16.5. The van der Waals surface area contributed by atoms with Gasteiger partial charge in [0.15, 0.2) is 0 Å². The lowest BCUT2D eigenvalue weighted by Crippen LogP contribution is -2.46. The molecule has 1 rings (SSSR count). The molecule has 1 amide bonds. The van der Waals surface area contributed by atoms with Crippen molar-refractivity contribution in [1.29, 1.82) is 0 Å². The molecule has 1 aliphatic carbocycles. The van der Waals surface area contributed by atoms with Gasteiger partial charge in [-0.3, -0.25) is 4.79 Å². The van der Waals surface area contributed by atoms with E-state index in [0.29, 0.717) is 11.8 Å². The SMILES string of the molecule is COC(C)(C)C(=O)NCC1CCCCC1CN. The molecule has 4 heteroatoms. The second-order valence-electron chi connectivity index (χ2n) is 5.46. The first-order valence-electron chi connectivity index (χ1n) is 6.54. The first-order chi connectivity index (χ1) is 8.01. The van der Waals surface area contributed by atoms with Crippen molar-refractivity contribution in [2.24, 2.45) is 17.6 Å². The summed E-state index contributed by atoms with van der Waals surface area (Å²) in [5.41, 5.74) is 5.03. The standard InChI is InChI=1S/C13H26N2O2/c1-13(2,17-3)12(16)15-9-11-7-5-4-6-10(11)8-14/h10-11H,4-9,14H2,1-3H3,(H,15,16). The number of rotatable bonds is 5. The maximum Gasteiger partial charge on any atom is 0.251 e. The molecule has 0 aliphatic heterocycles. The molecule has 0 aromatic carbocycles. The van der Waals surface area contributed by atoms with E-state index in [4.69, 9.17) is 10.5 Å². The van der Waals surface area contributed by atoms with Crippen molar-refractivity contribution in [2.45, 2.75) is 45.1 Å². The van der Waals surface area contributed by atoms with Gasteiger partial charge in [-0.05, 0) is 45.1 Å². The summed E-state index contributed by atoms with van der Waals surface area (Å²) >= 11 is 0. The van der Waals surface area contributed by atoms with Crippen LogP contribution >= 0.6 is 0 Å². The van der Waals surface area contributed by atoms with Gasteiger partial charge in [-0.15, -0.1) is 0 Å². The zero-order valence-electron chi connectivity index (χ0n) is 11.3. The van der Waals surface area contributed by atoms with Crippen LogP contribution in [-0.2, 0) is 9.53 Å². The first kappa shape index (κ1) is 14.5. The van der Waals surface area contributed by atoms with E-state index in [-0.39, 0.29) is 5.91 Å². The van der Waals surface area contributed by atoms with Crippen molar-refractivity contribution in [3.05, 3.63) is 0 Å². The number of hydrogen-bond acceptors (Lipinski definition) is 3. The van der Waals surface area contributed by atoms with Gasteiger partial charge in [-0.1, -0.05) is 12.8 Å². The van der Waals surface area contributed by atoms with Crippen LogP contribution in [0.3, 0.4) is 0 Å². The van der Waals surface area contributed by atoms with Gasteiger partial charge >= 0.3 is 0 Å². The summed E-state index contributed by atoms with van der Waals surface area (Å²) in [6.45, 7) is 5.02. The van der Waals surface area contributed by atoms with Crippen LogP contribution in [0.4, 0.5) is 0 Å². The maximum absolute atomic E-state index is 11.9. The third-order valence-corrected chi connectivity index (χ3v) is 3.95. The third kappa shape index (κ3) is 3.96. The number of nitrogens with two attached hydrogens (primary N) is 1. The summed E-state index contributed by atoms with van der Waals surface area (Å²) in [5.74, 6) is 1.06. The molecule has 0 aromatic rings. The maximum atomic E-state index is 11.9. The van der Waals surface area contributed by atoms with Gasteiger partial charge in [0.1, 0.15) is 5.60 Å². The van der Waals surface area contributed by atoms with Crippen LogP contribution in [0.5, 0.6) is 0 Å². The molecule has 1 fully saturated rings.